The Bertz CT molecular complexity index is 146. The minimum Gasteiger partial charge on any atom is -0.346 e. The van der Waals surface area contributed by atoms with Crippen molar-refractivity contribution >= 4 is 0 Å². The van der Waals surface area contributed by atoms with Gasteiger partial charge in [-0.25, -0.2) is 0 Å². The molecule has 1 rings (SSSR count). The molecule has 1 saturated heterocycles. The summed E-state index contributed by atoms with van der Waals surface area (Å²) in [6, 6.07) is 0. The Morgan fingerprint density at radius 3 is 2.50 bits per heavy atom. The summed E-state index contributed by atoms with van der Waals surface area (Å²) in [7, 11) is 0. The molecule has 0 spiro atoms. The maximum atomic E-state index is 5.41. The van der Waals surface area contributed by atoms with Gasteiger partial charge in [0.25, 0.3) is 0 Å². The molecule has 0 amide bonds. The predicted molar refractivity (Wildman–Crippen MR) is 49.0 cm³/mol. The molecule has 2 nitrogen and oxygen atoms in total. The molecule has 0 bridgehead atoms. The molecule has 0 N–H and O–H groups in total. The Hall–Kier alpha value is -0.340. The zero-order valence-electron chi connectivity index (χ0n) is 8.01. The minimum absolute atomic E-state index is 0.0402. The van der Waals surface area contributed by atoms with Crippen LogP contribution >= 0.6 is 0 Å². The number of hydrogen-bond acceptors (Lipinski definition) is 2. The maximum Gasteiger partial charge on any atom is 0.179 e. The molecule has 1 aliphatic rings. The molecule has 1 aliphatic heterocycles. The molecule has 0 aromatic heterocycles. The quantitative estimate of drug-likeness (QED) is 0.603. The summed E-state index contributed by atoms with van der Waals surface area (Å²) in [4.78, 5) is 0. The van der Waals surface area contributed by atoms with Crippen LogP contribution in [-0.2, 0) is 9.47 Å². The van der Waals surface area contributed by atoms with E-state index in [1.165, 1.54) is 12.0 Å². The summed E-state index contributed by atoms with van der Waals surface area (Å²) in [6.07, 6.45) is 5.56. The summed E-state index contributed by atoms with van der Waals surface area (Å²) in [5.74, 6) is 0. The zero-order valence-corrected chi connectivity index (χ0v) is 8.01. The summed E-state index contributed by atoms with van der Waals surface area (Å²) in [5, 5.41) is 0. The number of allylic oxidation sites excluding steroid dienone is 1. The third-order valence-electron chi connectivity index (χ3n) is 2.03. The van der Waals surface area contributed by atoms with Gasteiger partial charge in [0.2, 0.25) is 0 Å². The van der Waals surface area contributed by atoms with Crippen molar-refractivity contribution in [1.29, 1.82) is 0 Å². The van der Waals surface area contributed by atoms with Gasteiger partial charge in [-0.2, -0.15) is 0 Å². The molecule has 1 heterocycles. The first-order chi connectivity index (χ1) is 5.88. The highest BCUT2D eigenvalue weighted by atomic mass is 16.7. The molecule has 0 aromatic rings. The topological polar surface area (TPSA) is 18.5 Å². The lowest BCUT2D eigenvalue weighted by Gasteiger charge is -2.11. The van der Waals surface area contributed by atoms with Gasteiger partial charge < -0.3 is 9.47 Å². The summed E-state index contributed by atoms with van der Waals surface area (Å²) < 4.78 is 10.8. The number of unbranched alkanes of at least 4 members (excludes halogenated alkanes) is 1. The van der Waals surface area contributed by atoms with E-state index in [-0.39, 0.29) is 6.29 Å². The smallest absolute Gasteiger partial charge is 0.179 e. The summed E-state index contributed by atoms with van der Waals surface area (Å²) in [6.45, 7) is 5.81. The van der Waals surface area contributed by atoms with Gasteiger partial charge in [-0.05, 0) is 18.4 Å². The van der Waals surface area contributed by atoms with E-state index >= 15 is 0 Å². The van der Waals surface area contributed by atoms with Crippen LogP contribution < -0.4 is 0 Å². The normalized spacial score (nSPS) is 20.3. The molecule has 0 radical (unpaired) electrons. The molecular formula is C10H18O2. The molecular weight excluding hydrogens is 152 g/mol. The predicted octanol–water partition coefficient (Wildman–Crippen LogP) is 2.50. The van der Waals surface area contributed by atoms with Gasteiger partial charge in [0, 0.05) is 0 Å². The molecule has 70 valence electrons. The van der Waals surface area contributed by atoms with Crippen LogP contribution in [-0.4, -0.2) is 19.5 Å². The average molecular weight is 170 g/mol. The Balaban J connectivity index is 2.42. The van der Waals surface area contributed by atoms with E-state index in [9.17, 15) is 0 Å². The zero-order chi connectivity index (χ0) is 8.81. The molecule has 0 atom stereocenters. The first kappa shape index (κ1) is 9.75. The Kier molecular flexibility index (Phi) is 4.33. The van der Waals surface area contributed by atoms with Crippen molar-refractivity contribution in [3.05, 3.63) is 11.6 Å². The van der Waals surface area contributed by atoms with Crippen LogP contribution in [0.4, 0.5) is 0 Å². The lowest BCUT2D eigenvalue weighted by molar-refractivity contribution is -0.0132. The first-order valence-electron chi connectivity index (χ1n) is 4.80. The highest BCUT2D eigenvalue weighted by Gasteiger charge is 2.18. The highest BCUT2D eigenvalue weighted by Crippen LogP contribution is 2.17. The van der Waals surface area contributed by atoms with Crippen molar-refractivity contribution in [2.24, 2.45) is 0 Å². The van der Waals surface area contributed by atoms with Gasteiger partial charge in [-0.3, -0.25) is 0 Å². The van der Waals surface area contributed by atoms with Crippen LogP contribution in [0.25, 0.3) is 0 Å². The number of ether oxygens (including phenoxy) is 2. The number of hydrogen-bond donors (Lipinski definition) is 0. The van der Waals surface area contributed by atoms with Crippen LogP contribution in [0.3, 0.4) is 0 Å². The lowest BCUT2D eigenvalue weighted by Crippen LogP contribution is -2.10. The van der Waals surface area contributed by atoms with E-state index in [0.717, 1.165) is 26.1 Å². The fourth-order valence-electron chi connectivity index (χ4n) is 1.31. The fourth-order valence-corrected chi connectivity index (χ4v) is 1.31. The third kappa shape index (κ3) is 2.61. The van der Waals surface area contributed by atoms with E-state index < -0.39 is 0 Å². The van der Waals surface area contributed by atoms with Gasteiger partial charge in [-0.15, -0.1) is 0 Å². The van der Waals surface area contributed by atoms with E-state index in [1.54, 1.807) is 0 Å². The van der Waals surface area contributed by atoms with Crippen molar-refractivity contribution in [3.8, 4) is 0 Å². The Morgan fingerprint density at radius 2 is 2.00 bits per heavy atom. The largest absolute Gasteiger partial charge is 0.346 e. The van der Waals surface area contributed by atoms with Gasteiger partial charge in [0.15, 0.2) is 6.29 Å². The van der Waals surface area contributed by atoms with Crippen LogP contribution in [0.1, 0.15) is 33.1 Å². The standard InChI is InChI=1S/C10H18O2/c1-3-5-6-9(4-2)10-11-7-8-12-10/h6,10H,3-5,7-8H2,1-2H3/b9-6+. The lowest BCUT2D eigenvalue weighted by atomic mass is 10.1. The van der Waals surface area contributed by atoms with Crippen LogP contribution in [0.15, 0.2) is 11.6 Å². The second-order valence-corrected chi connectivity index (χ2v) is 2.99. The van der Waals surface area contributed by atoms with Gasteiger partial charge in [-0.1, -0.05) is 26.3 Å². The Morgan fingerprint density at radius 1 is 1.33 bits per heavy atom. The summed E-state index contributed by atoms with van der Waals surface area (Å²) in [5.41, 5.74) is 1.30. The van der Waals surface area contributed by atoms with E-state index in [1.807, 2.05) is 0 Å². The average Bonchev–Trinajstić information content (AvgIpc) is 2.59. The summed E-state index contributed by atoms with van der Waals surface area (Å²) >= 11 is 0. The van der Waals surface area contributed by atoms with Crippen molar-refractivity contribution < 1.29 is 9.47 Å². The van der Waals surface area contributed by atoms with Gasteiger partial charge in [0.05, 0.1) is 13.2 Å². The fraction of sp³-hybridized carbons (Fsp3) is 0.800. The van der Waals surface area contributed by atoms with Crippen molar-refractivity contribution in [2.45, 2.75) is 39.4 Å². The molecule has 0 aromatic carbocycles. The van der Waals surface area contributed by atoms with Crippen LogP contribution in [0.5, 0.6) is 0 Å². The molecule has 0 aliphatic carbocycles. The van der Waals surface area contributed by atoms with Crippen LogP contribution in [0, 0.1) is 0 Å². The highest BCUT2D eigenvalue weighted by molar-refractivity contribution is 5.05. The molecule has 12 heavy (non-hydrogen) atoms. The van der Waals surface area contributed by atoms with Crippen LogP contribution in [0.2, 0.25) is 0 Å². The van der Waals surface area contributed by atoms with E-state index in [2.05, 4.69) is 19.9 Å². The SMILES string of the molecule is CCC/C=C(\CC)C1OCCO1. The van der Waals surface area contributed by atoms with Crippen molar-refractivity contribution in [3.63, 3.8) is 0 Å². The second-order valence-electron chi connectivity index (χ2n) is 2.99. The monoisotopic (exact) mass is 170 g/mol. The minimum atomic E-state index is -0.0402. The van der Waals surface area contributed by atoms with E-state index in [4.69, 9.17) is 9.47 Å². The third-order valence-corrected chi connectivity index (χ3v) is 2.03. The van der Waals surface area contributed by atoms with Crippen molar-refractivity contribution in [2.75, 3.05) is 13.2 Å². The maximum absolute atomic E-state index is 5.41. The molecule has 2 heteroatoms. The second kappa shape index (κ2) is 5.33. The van der Waals surface area contributed by atoms with Gasteiger partial charge in [0.1, 0.15) is 0 Å². The number of rotatable bonds is 4. The first-order valence-corrected chi connectivity index (χ1v) is 4.80. The molecule has 0 saturated carbocycles. The van der Waals surface area contributed by atoms with Gasteiger partial charge >= 0.3 is 0 Å². The van der Waals surface area contributed by atoms with E-state index in [0.29, 0.717) is 0 Å². The van der Waals surface area contributed by atoms with Crippen molar-refractivity contribution in [1.82, 2.24) is 0 Å². The Labute approximate surface area is 74.6 Å². The molecule has 0 unspecified atom stereocenters. The molecule has 1 fully saturated rings.